The van der Waals surface area contributed by atoms with Gasteiger partial charge in [-0.2, -0.15) is 0 Å². The van der Waals surface area contributed by atoms with E-state index in [0.29, 0.717) is 49.6 Å². The van der Waals surface area contributed by atoms with E-state index >= 15 is 0 Å². The Balaban J connectivity index is 1.73. The molecule has 0 saturated carbocycles. The lowest BCUT2D eigenvalue weighted by molar-refractivity contribution is -0.132. The molecule has 1 aliphatic heterocycles. The van der Waals surface area contributed by atoms with Crippen molar-refractivity contribution in [3.05, 3.63) is 34.6 Å². The van der Waals surface area contributed by atoms with Gasteiger partial charge in [0.15, 0.2) is 0 Å². The van der Waals surface area contributed by atoms with E-state index in [4.69, 9.17) is 0 Å². The second-order valence-electron chi connectivity index (χ2n) is 6.01. The molecule has 1 fully saturated rings. The van der Waals surface area contributed by atoms with Crippen LogP contribution in [0.4, 0.5) is 5.95 Å². The fraction of sp³-hybridized carbons (Fsp3) is 0.438. The summed E-state index contributed by atoms with van der Waals surface area (Å²) in [6, 6.07) is 7.30. The molecule has 0 radical (unpaired) electrons. The Morgan fingerprint density at radius 3 is 2.61 bits per heavy atom. The highest BCUT2D eigenvalue weighted by molar-refractivity contribution is 5.79. The normalized spacial score (nSPS) is 15.4. The van der Waals surface area contributed by atoms with Crippen LogP contribution in [0.25, 0.3) is 10.9 Å². The number of fused-ring (bicyclic) bond motifs is 1. The van der Waals surface area contributed by atoms with Gasteiger partial charge in [0.05, 0.1) is 17.4 Å². The lowest BCUT2D eigenvalue weighted by Gasteiger charge is -2.35. The highest BCUT2D eigenvalue weighted by atomic mass is 16.2. The molecule has 122 valence electrons. The number of benzene rings is 1. The average Bonchev–Trinajstić information content (AvgIpc) is 2.54. The van der Waals surface area contributed by atoms with Crippen LogP contribution in [-0.2, 0) is 4.79 Å². The van der Waals surface area contributed by atoms with E-state index in [1.807, 2.05) is 47.0 Å². The van der Waals surface area contributed by atoms with E-state index in [9.17, 15) is 9.59 Å². The van der Waals surface area contributed by atoms with E-state index in [0.717, 1.165) is 0 Å². The van der Waals surface area contributed by atoms with Gasteiger partial charge in [-0.05, 0) is 26.2 Å². The van der Waals surface area contributed by atoms with Gasteiger partial charge in [0.25, 0.3) is 5.56 Å². The van der Waals surface area contributed by atoms with E-state index in [1.54, 1.807) is 6.07 Å². The Labute approximate surface area is 134 Å². The maximum atomic E-state index is 12.1. The van der Waals surface area contributed by atoms with E-state index in [1.165, 1.54) is 0 Å². The van der Waals surface area contributed by atoms with Crippen LogP contribution in [0.2, 0.25) is 0 Å². The molecular weight excluding hydrogens is 294 g/mol. The first-order chi connectivity index (χ1) is 11.0. The van der Waals surface area contributed by atoms with Crippen LogP contribution in [0.5, 0.6) is 0 Å². The molecule has 0 unspecified atom stereocenters. The van der Waals surface area contributed by atoms with Crippen molar-refractivity contribution in [2.24, 2.45) is 0 Å². The van der Waals surface area contributed by atoms with Crippen molar-refractivity contribution >= 4 is 22.8 Å². The topological polar surface area (TPSA) is 72.5 Å². The number of H-pyrrole nitrogens is 1. The molecule has 1 saturated heterocycles. The van der Waals surface area contributed by atoms with E-state index in [2.05, 4.69) is 9.97 Å². The summed E-state index contributed by atoms with van der Waals surface area (Å²) in [5.41, 5.74) is 0.564. The largest absolute Gasteiger partial charge is 0.339 e. The molecule has 7 nitrogen and oxygen atoms in total. The molecule has 0 atom stereocenters. The molecule has 3 rings (SSSR count). The van der Waals surface area contributed by atoms with Crippen LogP contribution in [0.15, 0.2) is 29.1 Å². The summed E-state index contributed by atoms with van der Waals surface area (Å²) in [5, 5.41) is 0.594. The van der Waals surface area contributed by atoms with Crippen LogP contribution in [0, 0.1) is 0 Å². The summed E-state index contributed by atoms with van der Waals surface area (Å²) in [6.45, 7) is 3.04. The number of aromatic nitrogens is 2. The van der Waals surface area contributed by atoms with Gasteiger partial charge in [0, 0.05) is 26.2 Å². The zero-order chi connectivity index (χ0) is 16.4. The first-order valence-corrected chi connectivity index (χ1v) is 7.71. The number of likely N-dealkylation sites (N-methyl/N-ethyl adjacent to an activating group) is 1. The Morgan fingerprint density at radius 1 is 1.22 bits per heavy atom. The number of rotatable bonds is 3. The van der Waals surface area contributed by atoms with Gasteiger partial charge >= 0.3 is 0 Å². The van der Waals surface area contributed by atoms with Gasteiger partial charge in [0.1, 0.15) is 0 Å². The van der Waals surface area contributed by atoms with Crippen LogP contribution in [0.3, 0.4) is 0 Å². The SMILES string of the molecule is CN(C)CC(=O)N1CCN(c2nc3ccccc3c(=O)[nH]2)CC1. The van der Waals surface area contributed by atoms with Crippen LogP contribution in [-0.4, -0.2) is 72.5 Å². The fourth-order valence-electron chi connectivity index (χ4n) is 2.76. The third kappa shape index (κ3) is 3.34. The summed E-state index contributed by atoms with van der Waals surface area (Å²) in [7, 11) is 3.77. The van der Waals surface area contributed by atoms with Crippen molar-refractivity contribution in [1.82, 2.24) is 19.8 Å². The van der Waals surface area contributed by atoms with Crippen molar-refractivity contribution in [3.63, 3.8) is 0 Å². The number of nitrogens with one attached hydrogen (secondary N) is 1. The number of carbonyl (C=O) groups is 1. The molecule has 1 amide bonds. The number of para-hydroxylation sites is 1. The van der Waals surface area contributed by atoms with Gasteiger partial charge in [-0.15, -0.1) is 0 Å². The number of aromatic amines is 1. The minimum Gasteiger partial charge on any atom is -0.339 e. The number of nitrogens with zero attached hydrogens (tertiary/aromatic N) is 4. The highest BCUT2D eigenvalue weighted by Gasteiger charge is 2.22. The Morgan fingerprint density at radius 2 is 1.91 bits per heavy atom. The first-order valence-electron chi connectivity index (χ1n) is 7.71. The molecule has 2 heterocycles. The second-order valence-corrected chi connectivity index (χ2v) is 6.01. The molecular formula is C16H21N5O2. The van der Waals surface area contributed by atoms with Crippen molar-refractivity contribution in [3.8, 4) is 0 Å². The number of carbonyl (C=O) groups excluding carboxylic acids is 1. The van der Waals surface area contributed by atoms with Crippen molar-refractivity contribution in [1.29, 1.82) is 0 Å². The molecule has 1 aliphatic rings. The quantitative estimate of drug-likeness (QED) is 0.872. The molecule has 0 bridgehead atoms. The molecule has 0 aliphatic carbocycles. The van der Waals surface area contributed by atoms with E-state index in [-0.39, 0.29) is 11.5 Å². The molecule has 1 aromatic carbocycles. The molecule has 23 heavy (non-hydrogen) atoms. The van der Waals surface area contributed by atoms with Gasteiger partial charge in [-0.25, -0.2) is 4.98 Å². The van der Waals surface area contributed by atoms with Crippen LogP contribution < -0.4 is 10.5 Å². The van der Waals surface area contributed by atoms with Crippen molar-refractivity contribution < 1.29 is 4.79 Å². The standard InChI is InChI=1S/C16H21N5O2/c1-19(2)11-14(22)20-7-9-21(10-8-20)16-17-13-6-4-3-5-12(13)15(23)18-16/h3-6H,7-11H2,1-2H3,(H,17,18,23). The zero-order valence-corrected chi connectivity index (χ0v) is 13.5. The Hall–Kier alpha value is -2.41. The van der Waals surface area contributed by atoms with Gasteiger partial charge in [0.2, 0.25) is 11.9 Å². The highest BCUT2D eigenvalue weighted by Crippen LogP contribution is 2.13. The maximum Gasteiger partial charge on any atom is 0.260 e. The predicted octanol–water partition coefficient (Wildman–Crippen LogP) is 0.133. The summed E-state index contributed by atoms with van der Waals surface area (Å²) >= 11 is 0. The average molecular weight is 315 g/mol. The number of piperazine rings is 1. The lowest BCUT2D eigenvalue weighted by atomic mass is 10.2. The number of hydrogen-bond donors (Lipinski definition) is 1. The van der Waals surface area contributed by atoms with Gasteiger partial charge < -0.3 is 14.7 Å². The summed E-state index contributed by atoms with van der Waals surface area (Å²) < 4.78 is 0. The Kier molecular flexibility index (Phi) is 4.29. The van der Waals surface area contributed by atoms with E-state index < -0.39 is 0 Å². The Bertz CT molecular complexity index is 762. The molecule has 2 aromatic rings. The number of amides is 1. The summed E-state index contributed by atoms with van der Waals surface area (Å²) in [5.74, 6) is 0.711. The summed E-state index contributed by atoms with van der Waals surface area (Å²) in [4.78, 5) is 37.3. The lowest BCUT2D eigenvalue weighted by Crippen LogP contribution is -2.51. The number of hydrogen-bond acceptors (Lipinski definition) is 5. The van der Waals surface area contributed by atoms with Crippen molar-refractivity contribution in [2.75, 3.05) is 51.7 Å². The monoisotopic (exact) mass is 315 g/mol. The third-order valence-electron chi connectivity index (χ3n) is 3.98. The maximum absolute atomic E-state index is 12.1. The van der Waals surface area contributed by atoms with Crippen molar-refractivity contribution in [2.45, 2.75) is 0 Å². The molecule has 1 N–H and O–H groups in total. The minimum absolute atomic E-state index is 0.128. The first kappa shape index (κ1) is 15.5. The molecule has 0 spiro atoms. The summed E-state index contributed by atoms with van der Waals surface area (Å²) in [6.07, 6.45) is 0. The number of anilines is 1. The zero-order valence-electron chi connectivity index (χ0n) is 13.5. The third-order valence-corrected chi connectivity index (χ3v) is 3.98. The second kappa shape index (κ2) is 6.37. The predicted molar refractivity (Wildman–Crippen MR) is 89.7 cm³/mol. The van der Waals surface area contributed by atoms with Crippen LogP contribution >= 0.6 is 0 Å². The minimum atomic E-state index is -0.128. The van der Waals surface area contributed by atoms with Gasteiger partial charge in [-0.1, -0.05) is 12.1 Å². The molecule has 7 heteroatoms. The molecule has 1 aromatic heterocycles. The van der Waals surface area contributed by atoms with Gasteiger partial charge in [-0.3, -0.25) is 14.6 Å². The smallest absolute Gasteiger partial charge is 0.260 e. The van der Waals surface area contributed by atoms with Crippen LogP contribution in [0.1, 0.15) is 0 Å². The fourth-order valence-corrected chi connectivity index (χ4v) is 2.76.